The van der Waals surface area contributed by atoms with Crippen LogP contribution in [-0.2, 0) is 32.2 Å². The third-order valence-corrected chi connectivity index (χ3v) is 6.85. The van der Waals surface area contributed by atoms with Crippen LogP contribution in [0, 0.1) is 0 Å². The van der Waals surface area contributed by atoms with Crippen molar-refractivity contribution in [3.8, 4) is 0 Å². The summed E-state index contributed by atoms with van der Waals surface area (Å²) < 4.78 is 67.2. The molecule has 7 nitrogen and oxygen atoms in total. The van der Waals surface area contributed by atoms with Crippen LogP contribution in [0.3, 0.4) is 0 Å². The standard InChI is InChI=1S/C24H20F3N3O4S/c25-24(26,27)17-7-9-18(10-8-17)28-23(32)22(15-4-2-1-3-5-15)30-35(33,34)19-11-12-20-16(14-19)6-13-21(31)29-20/h1-5,7-12,14,22,30H,6,13H2,(H,28,32)(H,29,31). The number of alkyl halides is 3. The van der Waals surface area contributed by atoms with E-state index < -0.39 is 33.7 Å². The lowest BCUT2D eigenvalue weighted by Crippen LogP contribution is -2.37. The number of anilines is 2. The summed E-state index contributed by atoms with van der Waals surface area (Å²) in [5.74, 6) is -0.930. The summed E-state index contributed by atoms with van der Waals surface area (Å²) in [7, 11) is -4.19. The molecule has 1 aliphatic rings. The quantitative estimate of drug-likeness (QED) is 0.468. The van der Waals surface area contributed by atoms with Crippen molar-refractivity contribution in [2.45, 2.75) is 30.0 Å². The van der Waals surface area contributed by atoms with Crippen LogP contribution in [0.2, 0.25) is 0 Å². The molecule has 0 bridgehead atoms. The molecule has 0 aliphatic carbocycles. The lowest BCUT2D eigenvalue weighted by Gasteiger charge is -2.21. The summed E-state index contributed by atoms with van der Waals surface area (Å²) >= 11 is 0. The summed E-state index contributed by atoms with van der Waals surface area (Å²) in [6.07, 6.45) is -3.92. The van der Waals surface area contributed by atoms with Gasteiger partial charge in [-0.2, -0.15) is 17.9 Å². The van der Waals surface area contributed by atoms with Gasteiger partial charge in [0, 0.05) is 17.8 Å². The predicted octanol–water partition coefficient (Wildman–Crippen LogP) is 4.25. The fraction of sp³-hybridized carbons (Fsp3) is 0.167. The molecule has 0 fully saturated rings. The maximum absolute atomic E-state index is 13.2. The molecule has 3 N–H and O–H groups in total. The molecule has 0 saturated heterocycles. The van der Waals surface area contributed by atoms with Crippen molar-refractivity contribution in [2.75, 3.05) is 10.6 Å². The Kier molecular flexibility index (Phi) is 6.64. The number of fused-ring (bicyclic) bond motifs is 1. The Bertz CT molecular complexity index is 1360. The second kappa shape index (κ2) is 9.51. The molecule has 3 aromatic rings. The van der Waals surface area contributed by atoms with Crippen LogP contribution in [0.4, 0.5) is 24.5 Å². The van der Waals surface area contributed by atoms with E-state index in [4.69, 9.17) is 0 Å². The molecule has 35 heavy (non-hydrogen) atoms. The molecule has 0 aromatic heterocycles. The average Bonchev–Trinajstić information content (AvgIpc) is 2.82. The number of hydrogen-bond acceptors (Lipinski definition) is 4. The molecule has 182 valence electrons. The molecule has 4 rings (SSSR count). The van der Waals surface area contributed by atoms with Gasteiger partial charge in [-0.15, -0.1) is 0 Å². The normalized spacial score (nSPS) is 14.5. The third-order valence-electron chi connectivity index (χ3n) is 5.43. The van der Waals surface area contributed by atoms with Crippen molar-refractivity contribution in [1.82, 2.24) is 4.72 Å². The maximum Gasteiger partial charge on any atom is 0.416 e. The molecule has 0 radical (unpaired) electrons. The highest BCUT2D eigenvalue weighted by Gasteiger charge is 2.31. The highest BCUT2D eigenvalue weighted by atomic mass is 32.2. The molecule has 0 spiro atoms. The molecule has 1 heterocycles. The zero-order chi connectivity index (χ0) is 25.2. The molecule has 3 aromatic carbocycles. The second-order valence-electron chi connectivity index (χ2n) is 7.90. The van der Waals surface area contributed by atoms with Gasteiger partial charge in [0.15, 0.2) is 0 Å². The molecule has 1 atom stereocenters. The van der Waals surface area contributed by atoms with E-state index in [1.54, 1.807) is 30.3 Å². The van der Waals surface area contributed by atoms with E-state index >= 15 is 0 Å². The number of hydrogen-bond donors (Lipinski definition) is 3. The van der Waals surface area contributed by atoms with E-state index in [1.807, 2.05) is 0 Å². The molecular formula is C24H20F3N3O4S. The zero-order valence-corrected chi connectivity index (χ0v) is 18.9. The van der Waals surface area contributed by atoms with Crippen molar-refractivity contribution < 1.29 is 31.2 Å². The number of nitrogens with one attached hydrogen (secondary N) is 3. The first-order valence-corrected chi connectivity index (χ1v) is 12.0. The van der Waals surface area contributed by atoms with Crippen molar-refractivity contribution in [2.24, 2.45) is 0 Å². The minimum Gasteiger partial charge on any atom is -0.326 e. The van der Waals surface area contributed by atoms with Crippen LogP contribution in [-0.4, -0.2) is 20.2 Å². The predicted molar refractivity (Wildman–Crippen MR) is 123 cm³/mol. The van der Waals surface area contributed by atoms with Gasteiger partial charge < -0.3 is 10.6 Å². The Hall–Kier alpha value is -3.70. The monoisotopic (exact) mass is 503 g/mol. The largest absolute Gasteiger partial charge is 0.416 e. The summed E-state index contributed by atoms with van der Waals surface area (Å²) in [5.41, 5.74) is 0.718. The topological polar surface area (TPSA) is 104 Å². The van der Waals surface area contributed by atoms with Gasteiger partial charge in [-0.25, -0.2) is 8.42 Å². The van der Waals surface area contributed by atoms with E-state index in [9.17, 15) is 31.2 Å². The third kappa shape index (κ3) is 5.69. The Morgan fingerprint density at radius 2 is 1.63 bits per heavy atom. The summed E-state index contributed by atoms with van der Waals surface area (Å²) in [6, 6.07) is 14.8. The first-order chi connectivity index (χ1) is 16.5. The van der Waals surface area contributed by atoms with E-state index in [2.05, 4.69) is 15.4 Å². The van der Waals surface area contributed by atoms with Crippen LogP contribution in [0.1, 0.15) is 29.2 Å². The van der Waals surface area contributed by atoms with Crippen LogP contribution >= 0.6 is 0 Å². The van der Waals surface area contributed by atoms with Crippen LogP contribution < -0.4 is 15.4 Å². The highest BCUT2D eigenvalue weighted by molar-refractivity contribution is 7.89. The van der Waals surface area contributed by atoms with Crippen LogP contribution in [0.5, 0.6) is 0 Å². The number of amides is 2. The van der Waals surface area contributed by atoms with Crippen molar-refractivity contribution in [3.05, 3.63) is 89.5 Å². The first-order valence-electron chi connectivity index (χ1n) is 10.5. The van der Waals surface area contributed by atoms with Gasteiger partial charge in [0.05, 0.1) is 10.5 Å². The fourth-order valence-electron chi connectivity index (χ4n) is 3.63. The van der Waals surface area contributed by atoms with Gasteiger partial charge in [0.2, 0.25) is 21.8 Å². The second-order valence-corrected chi connectivity index (χ2v) is 9.61. The fourth-order valence-corrected chi connectivity index (χ4v) is 4.86. The van der Waals surface area contributed by atoms with Crippen molar-refractivity contribution in [3.63, 3.8) is 0 Å². The Labute approximate surface area is 199 Å². The maximum atomic E-state index is 13.2. The Morgan fingerprint density at radius 3 is 2.29 bits per heavy atom. The van der Waals surface area contributed by atoms with Gasteiger partial charge in [-0.3, -0.25) is 9.59 Å². The number of aryl methyl sites for hydroxylation is 1. The Balaban J connectivity index is 1.60. The lowest BCUT2D eigenvalue weighted by molar-refractivity contribution is -0.137. The average molecular weight is 504 g/mol. The number of carbonyl (C=O) groups excluding carboxylic acids is 2. The summed E-state index contributed by atoms with van der Waals surface area (Å²) in [4.78, 5) is 24.5. The molecule has 11 heteroatoms. The minimum absolute atomic E-state index is 0.0765. The number of halogens is 3. The van der Waals surface area contributed by atoms with Gasteiger partial charge in [-0.1, -0.05) is 30.3 Å². The number of benzene rings is 3. The molecular weight excluding hydrogens is 483 g/mol. The van der Waals surface area contributed by atoms with Gasteiger partial charge in [-0.05, 0) is 60.0 Å². The molecule has 1 aliphatic heterocycles. The lowest BCUT2D eigenvalue weighted by atomic mass is 10.0. The number of carbonyl (C=O) groups is 2. The van der Waals surface area contributed by atoms with E-state index in [-0.39, 0.29) is 22.9 Å². The van der Waals surface area contributed by atoms with Crippen LogP contribution in [0.25, 0.3) is 0 Å². The van der Waals surface area contributed by atoms with Crippen molar-refractivity contribution in [1.29, 1.82) is 0 Å². The van der Waals surface area contributed by atoms with E-state index in [0.29, 0.717) is 23.2 Å². The first kappa shape index (κ1) is 24.4. The smallest absolute Gasteiger partial charge is 0.326 e. The Morgan fingerprint density at radius 1 is 0.943 bits per heavy atom. The SMILES string of the molecule is O=C1CCc2cc(S(=O)(=O)NC(C(=O)Nc3ccc(C(F)(F)F)cc3)c3ccccc3)ccc2N1. The summed E-state index contributed by atoms with van der Waals surface area (Å²) in [5, 5.41) is 5.14. The zero-order valence-electron chi connectivity index (χ0n) is 18.1. The van der Waals surface area contributed by atoms with Gasteiger partial charge >= 0.3 is 6.18 Å². The summed E-state index contributed by atoms with van der Waals surface area (Å²) in [6.45, 7) is 0. The molecule has 0 saturated carbocycles. The molecule has 2 amide bonds. The minimum atomic E-state index is -4.53. The molecule has 1 unspecified atom stereocenters. The van der Waals surface area contributed by atoms with Crippen molar-refractivity contribution >= 4 is 33.2 Å². The highest BCUT2D eigenvalue weighted by Crippen LogP contribution is 2.30. The number of sulfonamides is 1. The van der Waals surface area contributed by atoms with Gasteiger partial charge in [0.25, 0.3) is 0 Å². The van der Waals surface area contributed by atoms with E-state index in [1.165, 1.54) is 18.2 Å². The number of rotatable bonds is 6. The van der Waals surface area contributed by atoms with Gasteiger partial charge in [0.1, 0.15) is 6.04 Å². The van der Waals surface area contributed by atoms with E-state index in [0.717, 1.165) is 24.3 Å². The van der Waals surface area contributed by atoms with Crippen LogP contribution in [0.15, 0.2) is 77.7 Å².